The summed E-state index contributed by atoms with van der Waals surface area (Å²) in [5.74, 6) is 1.74. The molecule has 0 fully saturated rings. The molecule has 0 spiro atoms. The maximum atomic E-state index is 13.4. The predicted molar refractivity (Wildman–Crippen MR) is 176 cm³/mol. The van der Waals surface area contributed by atoms with Crippen LogP contribution in [0.3, 0.4) is 0 Å². The van der Waals surface area contributed by atoms with Crippen LogP contribution in [0.2, 0.25) is 0 Å². The molecule has 0 saturated heterocycles. The van der Waals surface area contributed by atoms with Crippen LogP contribution in [-0.4, -0.2) is 6.10 Å². The Morgan fingerprint density at radius 2 is 1.11 bits per heavy atom. The van der Waals surface area contributed by atoms with Gasteiger partial charge in [0.25, 0.3) is 0 Å². The van der Waals surface area contributed by atoms with Crippen LogP contribution < -0.4 is 21.3 Å². The minimum atomic E-state index is -0.592. The molecule has 1 atom stereocenters. The number of hydrogen-bond donors (Lipinski definition) is 0. The first-order valence-electron chi connectivity index (χ1n) is 14.5. The van der Waals surface area contributed by atoms with Gasteiger partial charge in [0, 0.05) is 11.1 Å². The molecule has 6 aromatic rings. The summed E-state index contributed by atoms with van der Waals surface area (Å²) >= 11 is 0. The van der Waals surface area contributed by atoms with Crippen molar-refractivity contribution in [1.29, 1.82) is 0 Å². The second-order valence-electron chi connectivity index (χ2n) is 10.6. The summed E-state index contributed by atoms with van der Waals surface area (Å²) in [6.45, 7) is 0. The molecule has 44 heavy (non-hydrogen) atoms. The van der Waals surface area contributed by atoms with Gasteiger partial charge in [0.2, 0.25) is 10.9 Å². The lowest BCUT2D eigenvalue weighted by Gasteiger charge is -2.22. The fourth-order valence-electron chi connectivity index (χ4n) is 5.39. The highest BCUT2D eigenvalue weighted by molar-refractivity contribution is 5.84. The monoisotopic (exact) mass is 571 g/mol. The average Bonchev–Trinajstić information content (AvgIpc) is 3.10. The molecule has 5 aromatic carbocycles. The lowest BCUT2D eigenvalue weighted by atomic mass is 9.98. The maximum absolute atomic E-state index is 13.4. The minimum Gasteiger partial charge on any atom is -0.482 e. The Hall–Kier alpha value is -5.87. The number of rotatable bonds is 6. The highest BCUT2D eigenvalue weighted by Gasteiger charge is 2.21. The van der Waals surface area contributed by atoms with Crippen LogP contribution in [0.25, 0.3) is 45.9 Å². The van der Waals surface area contributed by atoms with Crippen LogP contribution in [0, 0.1) is 0 Å². The van der Waals surface area contributed by atoms with Gasteiger partial charge in [-0.2, -0.15) is 0 Å². The first-order chi connectivity index (χ1) is 21.6. The molecule has 7 rings (SSSR count). The Morgan fingerprint density at radius 3 is 1.73 bits per heavy atom. The fourth-order valence-corrected chi connectivity index (χ4v) is 5.39. The lowest BCUT2D eigenvalue weighted by molar-refractivity contribution is 0.265. The summed E-state index contributed by atoms with van der Waals surface area (Å²) in [6, 6.07) is 43.3. The van der Waals surface area contributed by atoms with E-state index in [4.69, 9.17) is 9.15 Å². The van der Waals surface area contributed by atoms with Gasteiger partial charge in [0.15, 0.2) is 0 Å². The van der Waals surface area contributed by atoms with Crippen LogP contribution in [-0.2, 0) is 4.74 Å². The van der Waals surface area contributed by atoms with Gasteiger partial charge in [-0.25, -0.2) is 4.42 Å². The molecular formula is C40H27O4+. The zero-order valence-corrected chi connectivity index (χ0v) is 23.7. The van der Waals surface area contributed by atoms with Gasteiger partial charge in [0.1, 0.15) is 11.9 Å². The molecule has 0 N–H and O–H groups in total. The molecule has 4 nitrogen and oxygen atoms in total. The number of ether oxygens (including phenoxy) is 1. The van der Waals surface area contributed by atoms with Gasteiger partial charge < -0.3 is 4.74 Å². The van der Waals surface area contributed by atoms with Crippen LogP contribution in [0.15, 0.2) is 160 Å². The third-order valence-corrected chi connectivity index (χ3v) is 7.63. The Kier molecular flexibility index (Phi) is 7.23. The Bertz CT molecular complexity index is 2120. The van der Waals surface area contributed by atoms with Crippen molar-refractivity contribution in [2.45, 2.75) is 6.10 Å². The molecule has 0 amide bonds. The number of allylic oxidation sites excluding steroid dienone is 2. The summed E-state index contributed by atoms with van der Waals surface area (Å²) < 4.78 is 12.5. The normalized spacial score (nSPS) is 14.3. The molecule has 210 valence electrons. The quantitative estimate of drug-likeness (QED) is 0.211. The van der Waals surface area contributed by atoms with E-state index in [-0.39, 0.29) is 21.3 Å². The van der Waals surface area contributed by atoms with E-state index in [9.17, 15) is 9.59 Å². The van der Waals surface area contributed by atoms with Crippen molar-refractivity contribution in [1.82, 2.24) is 0 Å². The molecule has 1 aliphatic heterocycles. The van der Waals surface area contributed by atoms with E-state index in [1.54, 1.807) is 12.2 Å². The highest BCUT2D eigenvalue weighted by atomic mass is 16.5. The smallest absolute Gasteiger partial charge is 0.361 e. The standard InChI is InChI=1S/C40H27O4/c41-39-35(25-33-21-31(27-13-5-1-6-14-27)23-37(43-33)29-17-9-3-10-18-29)40(42)36(39)26-34-22-32(28-15-7-2-8-16-28)24-38(44-34)30-19-11-4-12-20-30/h1-26,33H/q+1. The molecule has 1 unspecified atom stereocenters. The average molecular weight is 572 g/mol. The maximum Gasteiger partial charge on any atom is 0.361 e. The van der Waals surface area contributed by atoms with Crippen molar-refractivity contribution in [2.24, 2.45) is 0 Å². The number of benzene rings is 4. The summed E-state index contributed by atoms with van der Waals surface area (Å²) in [5.41, 5.74) is 5.06. The molecule has 4 heteroatoms. The molecule has 0 saturated carbocycles. The molecule has 0 radical (unpaired) electrons. The van der Waals surface area contributed by atoms with Crippen molar-refractivity contribution < 1.29 is 9.15 Å². The lowest BCUT2D eigenvalue weighted by Crippen LogP contribution is -2.64. The molecule has 0 bridgehead atoms. The zero-order valence-electron chi connectivity index (χ0n) is 23.7. The van der Waals surface area contributed by atoms with Gasteiger partial charge in [-0.15, -0.1) is 0 Å². The van der Waals surface area contributed by atoms with Crippen molar-refractivity contribution in [3.05, 3.63) is 193 Å². The second kappa shape index (κ2) is 11.8. The number of hydrogen-bond acceptors (Lipinski definition) is 3. The van der Waals surface area contributed by atoms with Crippen molar-refractivity contribution in [2.75, 3.05) is 0 Å². The Morgan fingerprint density at radius 1 is 0.568 bits per heavy atom. The topological polar surface area (TPSA) is 54.7 Å². The molecule has 0 aliphatic carbocycles. The van der Waals surface area contributed by atoms with Crippen molar-refractivity contribution in [3.63, 3.8) is 0 Å². The Labute approximate surface area is 254 Å². The van der Waals surface area contributed by atoms with Crippen LogP contribution in [0.5, 0.6) is 0 Å². The van der Waals surface area contributed by atoms with Crippen LogP contribution in [0.4, 0.5) is 0 Å². The largest absolute Gasteiger partial charge is 0.482 e. The van der Waals surface area contributed by atoms with E-state index in [2.05, 4.69) is 0 Å². The van der Waals surface area contributed by atoms with Crippen molar-refractivity contribution in [3.8, 4) is 22.5 Å². The van der Waals surface area contributed by atoms with E-state index in [0.717, 1.165) is 33.4 Å². The molecule has 1 aliphatic rings. The van der Waals surface area contributed by atoms with Crippen LogP contribution >= 0.6 is 0 Å². The van der Waals surface area contributed by atoms with Gasteiger partial charge >= 0.3 is 11.5 Å². The van der Waals surface area contributed by atoms with E-state index in [1.807, 2.05) is 146 Å². The third-order valence-electron chi connectivity index (χ3n) is 7.63. The molecule has 2 heterocycles. The van der Waals surface area contributed by atoms with Crippen molar-refractivity contribution >= 4 is 23.5 Å². The first kappa shape index (κ1) is 27.0. The summed E-state index contributed by atoms with van der Waals surface area (Å²) in [7, 11) is 0. The van der Waals surface area contributed by atoms with Gasteiger partial charge in [0.05, 0.1) is 34.2 Å². The highest BCUT2D eigenvalue weighted by Crippen LogP contribution is 2.31. The SMILES string of the molecule is O=c1c(=Cc2cc(-c3ccccc3)cc(-c3ccccc3)[o+]2)c(=O)c1=CC1C=C(c2ccccc2)C=C(c2ccccc2)O1. The van der Waals surface area contributed by atoms with Gasteiger partial charge in [-0.3, -0.25) is 9.59 Å². The van der Waals surface area contributed by atoms with E-state index >= 15 is 0 Å². The summed E-state index contributed by atoms with van der Waals surface area (Å²) in [6.07, 6.45) is 6.49. The molecular weight excluding hydrogens is 544 g/mol. The predicted octanol–water partition coefficient (Wildman–Crippen LogP) is 6.62. The minimum absolute atomic E-state index is 0.0890. The zero-order chi connectivity index (χ0) is 29.9. The van der Waals surface area contributed by atoms with Crippen LogP contribution in [0.1, 0.15) is 16.9 Å². The van der Waals surface area contributed by atoms with Gasteiger partial charge in [-0.05, 0) is 47.1 Å². The van der Waals surface area contributed by atoms with E-state index < -0.39 is 6.10 Å². The fraction of sp³-hybridized carbons (Fsp3) is 0.0250. The summed E-state index contributed by atoms with van der Waals surface area (Å²) in [5, 5.41) is 0.202. The van der Waals surface area contributed by atoms with E-state index in [1.165, 1.54) is 0 Å². The summed E-state index contributed by atoms with van der Waals surface area (Å²) in [4.78, 5) is 26.7. The van der Waals surface area contributed by atoms with Gasteiger partial charge in [-0.1, -0.05) is 109 Å². The Balaban J connectivity index is 1.29. The molecule has 1 aromatic heterocycles. The van der Waals surface area contributed by atoms with E-state index in [0.29, 0.717) is 17.3 Å². The second-order valence-corrected chi connectivity index (χ2v) is 10.6. The third kappa shape index (κ3) is 5.49. The first-order valence-corrected chi connectivity index (χ1v) is 14.5.